The Balaban J connectivity index is 2.52. The number of pyridine rings is 1. The predicted molar refractivity (Wildman–Crippen MR) is 77.6 cm³/mol. The van der Waals surface area contributed by atoms with Gasteiger partial charge < -0.3 is 0 Å². The smallest absolute Gasteiger partial charge is 0.239 e. The molecule has 0 fully saturated rings. The van der Waals surface area contributed by atoms with Gasteiger partial charge in [0.2, 0.25) is 15.9 Å². The number of halogens is 1. The number of carbonyl (C=O) groups is 1. The topological polar surface area (TPSA) is 76.1 Å². The molecule has 0 bridgehead atoms. The Morgan fingerprint density at radius 1 is 1.47 bits per heavy atom. The van der Waals surface area contributed by atoms with Crippen molar-refractivity contribution in [3.63, 3.8) is 0 Å². The summed E-state index contributed by atoms with van der Waals surface area (Å²) in [4.78, 5) is 15.2. The van der Waals surface area contributed by atoms with Gasteiger partial charge in [-0.05, 0) is 17.4 Å². The second-order valence-electron chi connectivity index (χ2n) is 3.72. The zero-order valence-electron chi connectivity index (χ0n) is 10.4. The van der Waals surface area contributed by atoms with Crippen molar-refractivity contribution in [3.8, 4) is 0 Å². The molecule has 0 saturated carbocycles. The Kier molecular flexibility index (Phi) is 6.60. The third kappa shape index (κ3) is 6.79. The number of rotatable bonds is 7. The van der Waals surface area contributed by atoms with E-state index in [2.05, 4.69) is 4.98 Å². The number of hydrogen-bond acceptors (Lipinski definition) is 5. The van der Waals surface area contributed by atoms with E-state index < -0.39 is 15.9 Å². The highest BCUT2D eigenvalue weighted by Crippen LogP contribution is 2.08. The number of amides is 1. The van der Waals surface area contributed by atoms with Crippen molar-refractivity contribution in [3.05, 3.63) is 29.0 Å². The Hall–Kier alpha value is -0.790. The molecule has 19 heavy (non-hydrogen) atoms. The second kappa shape index (κ2) is 7.72. The van der Waals surface area contributed by atoms with Crippen LogP contribution in [0.1, 0.15) is 18.9 Å². The van der Waals surface area contributed by atoms with E-state index in [1.54, 1.807) is 17.8 Å². The van der Waals surface area contributed by atoms with Crippen LogP contribution in [0.15, 0.2) is 18.3 Å². The van der Waals surface area contributed by atoms with E-state index in [1.165, 1.54) is 12.3 Å². The fraction of sp³-hybridized carbons (Fsp3) is 0.455. The average molecular weight is 323 g/mol. The number of sulfonamides is 1. The molecule has 0 aromatic carbocycles. The van der Waals surface area contributed by atoms with Gasteiger partial charge in [0.25, 0.3) is 0 Å². The van der Waals surface area contributed by atoms with Gasteiger partial charge in [-0.25, -0.2) is 13.4 Å². The number of nitrogens with one attached hydrogen (secondary N) is 1. The number of thioether (sulfide) groups is 1. The molecule has 106 valence electrons. The lowest BCUT2D eigenvalue weighted by atomic mass is 10.3. The number of aromatic nitrogens is 1. The molecule has 0 aliphatic rings. The van der Waals surface area contributed by atoms with Crippen LogP contribution in [0.5, 0.6) is 0 Å². The van der Waals surface area contributed by atoms with E-state index in [1.807, 2.05) is 11.6 Å². The van der Waals surface area contributed by atoms with Gasteiger partial charge in [0.05, 0.1) is 5.75 Å². The van der Waals surface area contributed by atoms with Gasteiger partial charge in [-0.3, -0.25) is 9.52 Å². The van der Waals surface area contributed by atoms with Crippen LogP contribution in [0.25, 0.3) is 0 Å². The minimum Gasteiger partial charge on any atom is -0.274 e. The Morgan fingerprint density at radius 3 is 2.79 bits per heavy atom. The first kappa shape index (κ1) is 16.3. The predicted octanol–water partition coefficient (Wildman–Crippen LogP) is 1.82. The Labute approximate surface area is 122 Å². The van der Waals surface area contributed by atoms with Crippen molar-refractivity contribution in [2.45, 2.75) is 19.1 Å². The molecule has 1 aromatic rings. The molecule has 5 nitrogen and oxygen atoms in total. The van der Waals surface area contributed by atoms with E-state index in [9.17, 15) is 13.2 Å². The normalized spacial score (nSPS) is 11.3. The zero-order valence-corrected chi connectivity index (χ0v) is 12.8. The summed E-state index contributed by atoms with van der Waals surface area (Å²) in [5, 5.41) is 0.293. The van der Waals surface area contributed by atoms with Crippen LogP contribution in [0.2, 0.25) is 5.15 Å². The minimum absolute atomic E-state index is 0.191. The fourth-order valence-corrected chi connectivity index (χ4v) is 3.14. The molecular formula is C11H15ClN2O3S2. The molecule has 0 radical (unpaired) electrons. The first-order valence-electron chi connectivity index (χ1n) is 5.64. The molecule has 0 aliphatic heterocycles. The highest BCUT2D eigenvalue weighted by molar-refractivity contribution is 7.99. The third-order valence-electron chi connectivity index (χ3n) is 2.09. The van der Waals surface area contributed by atoms with Gasteiger partial charge in [0.15, 0.2) is 0 Å². The van der Waals surface area contributed by atoms with Crippen molar-refractivity contribution in [1.29, 1.82) is 0 Å². The molecule has 8 heteroatoms. The lowest BCUT2D eigenvalue weighted by Crippen LogP contribution is -2.31. The Morgan fingerprint density at radius 2 is 2.21 bits per heavy atom. The van der Waals surface area contributed by atoms with Gasteiger partial charge in [0.1, 0.15) is 5.15 Å². The molecule has 0 atom stereocenters. The SMILES string of the molecule is CCSCCC(=O)NS(=O)(=O)Cc1ccc(Cl)nc1. The number of carbonyl (C=O) groups excluding carboxylic acids is 1. The summed E-state index contributed by atoms with van der Waals surface area (Å²) in [6.07, 6.45) is 1.57. The van der Waals surface area contributed by atoms with Crippen molar-refractivity contribution >= 4 is 39.3 Å². The van der Waals surface area contributed by atoms with E-state index in [0.717, 1.165) is 5.75 Å². The monoisotopic (exact) mass is 322 g/mol. The maximum Gasteiger partial charge on any atom is 0.239 e. The third-order valence-corrected chi connectivity index (χ3v) is 4.47. The van der Waals surface area contributed by atoms with Crippen molar-refractivity contribution in [2.75, 3.05) is 11.5 Å². The lowest BCUT2D eigenvalue weighted by Gasteiger charge is -2.06. The van der Waals surface area contributed by atoms with Crippen molar-refractivity contribution in [2.24, 2.45) is 0 Å². The van der Waals surface area contributed by atoms with E-state index >= 15 is 0 Å². The second-order valence-corrected chi connectivity index (χ2v) is 7.22. The van der Waals surface area contributed by atoms with Gasteiger partial charge in [-0.1, -0.05) is 24.6 Å². The first-order valence-corrected chi connectivity index (χ1v) is 8.83. The zero-order chi connectivity index (χ0) is 14.3. The van der Waals surface area contributed by atoms with Gasteiger partial charge in [0, 0.05) is 18.4 Å². The summed E-state index contributed by atoms with van der Waals surface area (Å²) in [5.41, 5.74) is 0.479. The summed E-state index contributed by atoms with van der Waals surface area (Å²) in [6, 6.07) is 3.07. The van der Waals surface area contributed by atoms with Gasteiger partial charge in [-0.15, -0.1) is 0 Å². The van der Waals surface area contributed by atoms with Crippen LogP contribution in [-0.4, -0.2) is 30.8 Å². The van der Waals surface area contributed by atoms with Crippen LogP contribution < -0.4 is 4.72 Å². The fourth-order valence-electron chi connectivity index (χ4n) is 1.28. The summed E-state index contributed by atoms with van der Waals surface area (Å²) in [6.45, 7) is 1.98. The molecule has 1 rings (SSSR count). The molecule has 1 N–H and O–H groups in total. The molecule has 0 spiro atoms. The maximum absolute atomic E-state index is 11.7. The number of nitrogens with zero attached hydrogens (tertiary/aromatic N) is 1. The number of hydrogen-bond donors (Lipinski definition) is 1. The Bertz CT molecular complexity index is 517. The molecule has 1 heterocycles. The van der Waals surface area contributed by atoms with E-state index in [-0.39, 0.29) is 12.2 Å². The van der Waals surface area contributed by atoms with Gasteiger partial charge in [-0.2, -0.15) is 11.8 Å². The molecule has 1 amide bonds. The van der Waals surface area contributed by atoms with Crippen LogP contribution >= 0.6 is 23.4 Å². The van der Waals surface area contributed by atoms with Crippen molar-refractivity contribution < 1.29 is 13.2 Å². The molecule has 0 unspecified atom stereocenters. The van der Waals surface area contributed by atoms with E-state index in [0.29, 0.717) is 16.5 Å². The lowest BCUT2D eigenvalue weighted by molar-refractivity contribution is -0.118. The molecular weight excluding hydrogens is 308 g/mol. The average Bonchev–Trinajstić information content (AvgIpc) is 2.31. The highest BCUT2D eigenvalue weighted by Gasteiger charge is 2.15. The largest absolute Gasteiger partial charge is 0.274 e. The van der Waals surface area contributed by atoms with Crippen molar-refractivity contribution in [1.82, 2.24) is 9.71 Å². The van der Waals surface area contributed by atoms with Crippen LogP contribution in [0.3, 0.4) is 0 Å². The van der Waals surface area contributed by atoms with E-state index in [4.69, 9.17) is 11.6 Å². The maximum atomic E-state index is 11.7. The summed E-state index contributed by atoms with van der Waals surface area (Å²) < 4.78 is 25.5. The first-order chi connectivity index (χ1) is 8.93. The standard InChI is InChI=1S/C11H15ClN2O3S2/c1-2-18-6-5-11(15)14-19(16,17)8-9-3-4-10(12)13-7-9/h3-4,7H,2,5-6,8H2,1H3,(H,14,15). The summed E-state index contributed by atoms with van der Waals surface area (Å²) >= 11 is 7.19. The van der Waals surface area contributed by atoms with Gasteiger partial charge >= 0.3 is 0 Å². The minimum atomic E-state index is -3.68. The molecule has 1 aromatic heterocycles. The molecule has 0 saturated heterocycles. The molecule has 0 aliphatic carbocycles. The quantitative estimate of drug-likeness (QED) is 0.612. The summed E-state index contributed by atoms with van der Waals surface area (Å²) in [7, 11) is -3.68. The highest BCUT2D eigenvalue weighted by atomic mass is 35.5. The van der Waals surface area contributed by atoms with Crippen LogP contribution in [-0.2, 0) is 20.6 Å². The van der Waals surface area contributed by atoms with Crippen LogP contribution in [0.4, 0.5) is 0 Å². The summed E-state index contributed by atoms with van der Waals surface area (Å²) in [5.74, 6) is 0.739. The van der Waals surface area contributed by atoms with Crippen LogP contribution in [0, 0.1) is 0 Å².